The fourth-order valence-electron chi connectivity index (χ4n) is 3.78. The number of aromatic nitrogens is 2. The highest BCUT2D eigenvalue weighted by molar-refractivity contribution is 5.92. The van der Waals surface area contributed by atoms with Gasteiger partial charge in [-0.05, 0) is 56.2 Å². The quantitative estimate of drug-likeness (QED) is 0.717. The minimum absolute atomic E-state index is 0.0342. The van der Waals surface area contributed by atoms with E-state index in [2.05, 4.69) is 28.2 Å². The molecule has 2 aromatic heterocycles. The van der Waals surface area contributed by atoms with Crippen molar-refractivity contribution in [1.29, 1.82) is 0 Å². The summed E-state index contributed by atoms with van der Waals surface area (Å²) in [5.74, 6) is 0.918. The first kappa shape index (κ1) is 16.8. The van der Waals surface area contributed by atoms with Crippen molar-refractivity contribution in [2.45, 2.75) is 32.6 Å². The van der Waals surface area contributed by atoms with Crippen molar-refractivity contribution in [1.82, 2.24) is 14.9 Å². The largest absolute Gasteiger partial charge is 0.438 e. The lowest BCUT2D eigenvalue weighted by molar-refractivity contribution is 0.0727. The molecule has 4 rings (SSSR count). The third kappa shape index (κ3) is 3.47. The topological polar surface area (TPSA) is 59.2 Å². The van der Waals surface area contributed by atoms with E-state index in [4.69, 9.17) is 4.42 Å². The molecule has 1 atom stereocenters. The molecule has 134 valence electrons. The number of fused-ring (bicyclic) bond motifs is 1. The highest BCUT2D eigenvalue weighted by atomic mass is 16.3. The van der Waals surface area contributed by atoms with Crippen LogP contribution >= 0.6 is 0 Å². The van der Waals surface area contributed by atoms with E-state index in [9.17, 15) is 4.79 Å². The van der Waals surface area contributed by atoms with Gasteiger partial charge in [-0.15, -0.1) is 0 Å². The molecule has 1 aliphatic rings. The molecule has 3 heterocycles. The fraction of sp³-hybridized carbons (Fsp3) is 0.381. The number of oxazole rings is 1. The molecule has 3 aromatic rings. The van der Waals surface area contributed by atoms with Crippen molar-refractivity contribution >= 4 is 16.8 Å². The van der Waals surface area contributed by atoms with Crippen LogP contribution < -0.4 is 0 Å². The summed E-state index contributed by atoms with van der Waals surface area (Å²) in [4.78, 5) is 23.1. The molecule has 0 unspecified atom stereocenters. The van der Waals surface area contributed by atoms with Crippen LogP contribution in [0.3, 0.4) is 0 Å². The van der Waals surface area contributed by atoms with Gasteiger partial charge in [-0.2, -0.15) is 0 Å². The van der Waals surface area contributed by atoms with Crippen LogP contribution in [0.15, 0.2) is 47.3 Å². The van der Waals surface area contributed by atoms with Crippen molar-refractivity contribution in [3.63, 3.8) is 0 Å². The van der Waals surface area contributed by atoms with Gasteiger partial charge in [-0.3, -0.25) is 9.78 Å². The molecule has 5 heteroatoms. The average Bonchev–Trinajstić information content (AvgIpc) is 2.95. The Morgan fingerprint density at radius 1 is 1.23 bits per heavy atom. The molecule has 0 radical (unpaired) electrons. The van der Waals surface area contributed by atoms with Crippen LogP contribution in [0.4, 0.5) is 0 Å². The molecule has 0 N–H and O–H groups in total. The summed E-state index contributed by atoms with van der Waals surface area (Å²) in [6.45, 7) is 3.36. The first-order chi connectivity index (χ1) is 12.7. The summed E-state index contributed by atoms with van der Waals surface area (Å²) in [6, 6.07) is 10.5. The van der Waals surface area contributed by atoms with Gasteiger partial charge in [0.25, 0.3) is 5.91 Å². The summed E-state index contributed by atoms with van der Waals surface area (Å²) in [6.07, 6.45) is 7.51. The van der Waals surface area contributed by atoms with Gasteiger partial charge in [-0.1, -0.05) is 18.2 Å². The maximum atomic E-state index is 12.6. The van der Waals surface area contributed by atoms with Gasteiger partial charge in [0, 0.05) is 24.7 Å². The molecule has 1 saturated heterocycles. The zero-order chi connectivity index (χ0) is 17.9. The number of likely N-dealkylation sites (tertiary alicyclic amines) is 1. The standard InChI is InChI=1S/C21H23N3O2/c1-15-20(26-14-23-15)21(25)24-9-4-5-16(8-10-24)11-17-12-18-6-2-3-7-19(18)22-13-17/h2-3,6-7,12-14,16H,4-5,8-11H2,1H3/t16-/m1/s1. The van der Waals surface area contributed by atoms with Crippen molar-refractivity contribution < 1.29 is 9.21 Å². The lowest BCUT2D eigenvalue weighted by Gasteiger charge is -2.19. The highest BCUT2D eigenvalue weighted by Crippen LogP contribution is 2.24. The van der Waals surface area contributed by atoms with Crippen LogP contribution in [0.1, 0.15) is 41.1 Å². The number of nitrogens with zero attached hydrogens (tertiary/aromatic N) is 3. The fourth-order valence-corrected chi connectivity index (χ4v) is 3.78. The Balaban J connectivity index is 1.41. The number of para-hydroxylation sites is 1. The maximum Gasteiger partial charge on any atom is 0.291 e. The van der Waals surface area contributed by atoms with Gasteiger partial charge in [0.1, 0.15) is 0 Å². The van der Waals surface area contributed by atoms with Crippen LogP contribution in [0, 0.1) is 12.8 Å². The Morgan fingerprint density at radius 3 is 2.96 bits per heavy atom. The van der Waals surface area contributed by atoms with E-state index in [1.165, 1.54) is 17.3 Å². The summed E-state index contributed by atoms with van der Waals surface area (Å²) >= 11 is 0. The lowest BCUT2D eigenvalue weighted by atomic mass is 9.93. The van der Waals surface area contributed by atoms with Crippen molar-refractivity contribution in [3.8, 4) is 0 Å². The molecule has 1 fully saturated rings. The average molecular weight is 349 g/mol. The van der Waals surface area contributed by atoms with Gasteiger partial charge in [0.05, 0.1) is 11.2 Å². The van der Waals surface area contributed by atoms with E-state index in [1.54, 1.807) is 0 Å². The first-order valence-corrected chi connectivity index (χ1v) is 9.24. The number of hydrogen-bond donors (Lipinski definition) is 0. The third-order valence-corrected chi connectivity index (χ3v) is 5.25. The van der Waals surface area contributed by atoms with E-state index < -0.39 is 0 Å². The van der Waals surface area contributed by atoms with Crippen molar-refractivity contribution in [3.05, 3.63) is 59.9 Å². The van der Waals surface area contributed by atoms with Crippen LogP contribution in [0.25, 0.3) is 10.9 Å². The number of pyridine rings is 1. The maximum absolute atomic E-state index is 12.6. The van der Waals surface area contributed by atoms with E-state index in [0.29, 0.717) is 17.4 Å². The molecule has 0 saturated carbocycles. The van der Waals surface area contributed by atoms with E-state index >= 15 is 0 Å². The summed E-state index contributed by atoms with van der Waals surface area (Å²) < 4.78 is 5.27. The summed E-state index contributed by atoms with van der Waals surface area (Å²) in [5.41, 5.74) is 2.98. The van der Waals surface area contributed by atoms with Gasteiger partial charge < -0.3 is 9.32 Å². The Labute approximate surface area is 153 Å². The monoisotopic (exact) mass is 349 g/mol. The molecule has 1 aromatic carbocycles. The molecule has 5 nitrogen and oxygen atoms in total. The van der Waals surface area contributed by atoms with Crippen LogP contribution in [0.5, 0.6) is 0 Å². The summed E-state index contributed by atoms with van der Waals surface area (Å²) in [5, 5.41) is 1.19. The Bertz CT molecular complexity index is 918. The number of carbonyl (C=O) groups excluding carboxylic acids is 1. The number of benzene rings is 1. The van der Waals surface area contributed by atoms with Gasteiger partial charge in [0.2, 0.25) is 5.76 Å². The van der Waals surface area contributed by atoms with Gasteiger partial charge >= 0.3 is 0 Å². The molecule has 1 amide bonds. The van der Waals surface area contributed by atoms with Crippen LogP contribution in [0.2, 0.25) is 0 Å². The zero-order valence-electron chi connectivity index (χ0n) is 15.0. The molecule has 1 aliphatic heterocycles. The Kier molecular flexibility index (Phi) is 4.69. The minimum atomic E-state index is -0.0342. The molecular formula is C21H23N3O2. The van der Waals surface area contributed by atoms with Crippen molar-refractivity contribution in [2.24, 2.45) is 5.92 Å². The molecule has 26 heavy (non-hydrogen) atoms. The van der Waals surface area contributed by atoms with E-state index in [1.807, 2.05) is 30.2 Å². The van der Waals surface area contributed by atoms with Gasteiger partial charge in [-0.25, -0.2) is 4.98 Å². The van der Waals surface area contributed by atoms with Gasteiger partial charge in [0.15, 0.2) is 6.39 Å². The second-order valence-corrected chi connectivity index (χ2v) is 7.10. The zero-order valence-corrected chi connectivity index (χ0v) is 15.0. The Hall–Kier alpha value is -2.69. The second kappa shape index (κ2) is 7.28. The molecule has 0 aliphatic carbocycles. The normalized spacial score (nSPS) is 18.0. The SMILES string of the molecule is Cc1ncoc1C(=O)N1CCC[C@@H](Cc2cnc3ccccc3c2)CC1. The third-order valence-electron chi connectivity index (χ3n) is 5.25. The summed E-state index contributed by atoms with van der Waals surface area (Å²) in [7, 11) is 0. The van der Waals surface area contributed by atoms with E-state index in [0.717, 1.165) is 44.3 Å². The highest BCUT2D eigenvalue weighted by Gasteiger charge is 2.25. The molecular weight excluding hydrogens is 326 g/mol. The number of hydrogen-bond acceptors (Lipinski definition) is 4. The number of carbonyl (C=O) groups is 1. The molecule has 0 spiro atoms. The second-order valence-electron chi connectivity index (χ2n) is 7.10. The smallest absolute Gasteiger partial charge is 0.291 e. The predicted octanol–water partition coefficient (Wildman–Crippen LogP) is 4.02. The number of amides is 1. The van der Waals surface area contributed by atoms with E-state index in [-0.39, 0.29) is 5.91 Å². The van der Waals surface area contributed by atoms with Crippen molar-refractivity contribution in [2.75, 3.05) is 13.1 Å². The molecule has 0 bridgehead atoms. The van der Waals surface area contributed by atoms with Crippen LogP contribution in [-0.4, -0.2) is 33.9 Å². The lowest BCUT2D eigenvalue weighted by Crippen LogP contribution is -2.32. The predicted molar refractivity (Wildman–Crippen MR) is 99.9 cm³/mol. The van der Waals surface area contributed by atoms with Crippen LogP contribution in [-0.2, 0) is 6.42 Å². The minimum Gasteiger partial charge on any atom is -0.438 e. The number of aryl methyl sites for hydroxylation is 1. The Morgan fingerprint density at radius 2 is 2.12 bits per heavy atom. The number of rotatable bonds is 3. The first-order valence-electron chi connectivity index (χ1n) is 9.24.